The van der Waals surface area contributed by atoms with Gasteiger partial charge >= 0.3 is 0 Å². The van der Waals surface area contributed by atoms with E-state index in [2.05, 4.69) is 28.1 Å². The molecule has 2 rings (SSSR count). The van der Waals surface area contributed by atoms with Crippen molar-refractivity contribution in [1.29, 1.82) is 0 Å². The van der Waals surface area contributed by atoms with Crippen LogP contribution in [0.5, 0.6) is 5.75 Å². The summed E-state index contributed by atoms with van der Waals surface area (Å²) in [6.45, 7) is 2.17. The SMILES string of the molecule is CC(=O)c1ccc(OCC(CBr)c2ccccc2)cc1. The van der Waals surface area contributed by atoms with Crippen LogP contribution in [0.2, 0.25) is 0 Å². The maximum atomic E-state index is 11.2. The van der Waals surface area contributed by atoms with Crippen LogP contribution in [0.15, 0.2) is 54.6 Å². The van der Waals surface area contributed by atoms with E-state index in [1.54, 1.807) is 19.1 Å². The van der Waals surface area contributed by atoms with Gasteiger partial charge in [-0.05, 0) is 36.8 Å². The molecule has 0 aliphatic rings. The van der Waals surface area contributed by atoms with Crippen LogP contribution in [0.4, 0.5) is 0 Å². The second-order valence-electron chi connectivity index (χ2n) is 4.65. The number of carbonyl (C=O) groups is 1. The number of benzene rings is 2. The molecule has 0 saturated carbocycles. The lowest BCUT2D eigenvalue weighted by Gasteiger charge is -2.15. The monoisotopic (exact) mass is 332 g/mol. The fraction of sp³-hybridized carbons (Fsp3) is 0.235. The Kier molecular flexibility index (Phi) is 5.36. The molecular weight excluding hydrogens is 316 g/mol. The number of ketones is 1. The fourth-order valence-electron chi connectivity index (χ4n) is 1.94. The molecule has 0 radical (unpaired) electrons. The van der Waals surface area contributed by atoms with Gasteiger partial charge in [0, 0.05) is 16.8 Å². The van der Waals surface area contributed by atoms with Crippen molar-refractivity contribution in [2.75, 3.05) is 11.9 Å². The van der Waals surface area contributed by atoms with E-state index in [-0.39, 0.29) is 5.78 Å². The first-order valence-corrected chi connectivity index (χ1v) is 7.67. The van der Waals surface area contributed by atoms with Crippen molar-refractivity contribution in [3.8, 4) is 5.75 Å². The van der Waals surface area contributed by atoms with Crippen LogP contribution in [0.1, 0.15) is 28.8 Å². The number of hydrogen-bond donors (Lipinski definition) is 0. The van der Waals surface area contributed by atoms with Gasteiger partial charge < -0.3 is 4.74 Å². The zero-order valence-electron chi connectivity index (χ0n) is 11.4. The van der Waals surface area contributed by atoms with Gasteiger partial charge in [0.25, 0.3) is 0 Å². The lowest BCUT2D eigenvalue weighted by Crippen LogP contribution is -2.11. The molecule has 0 aliphatic carbocycles. The lowest BCUT2D eigenvalue weighted by atomic mass is 10.0. The topological polar surface area (TPSA) is 26.3 Å². The Bertz CT molecular complexity index is 549. The van der Waals surface area contributed by atoms with Crippen LogP contribution in [-0.2, 0) is 0 Å². The Balaban J connectivity index is 1.98. The van der Waals surface area contributed by atoms with Crippen LogP contribution >= 0.6 is 15.9 Å². The summed E-state index contributed by atoms with van der Waals surface area (Å²) >= 11 is 3.53. The van der Waals surface area contributed by atoms with Crippen molar-refractivity contribution in [3.63, 3.8) is 0 Å². The summed E-state index contributed by atoms with van der Waals surface area (Å²) in [5.41, 5.74) is 1.96. The zero-order valence-corrected chi connectivity index (χ0v) is 13.0. The van der Waals surface area contributed by atoms with Crippen molar-refractivity contribution < 1.29 is 9.53 Å². The molecule has 20 heavy (non-hydrogen) atoms. The molecule has 0 fully saturated rings. The molecule has 2 nitrogen and oxygen atoms in total. The third kappa shape index (κ3) is 3.94. The predicted octanol–water partition coefficient (Wildman–Crippen LogP) is 4.45. The molecule has 0 aromatic heterocycles. The Hall–Kier alpha value is -1.61. The number of alkyl halides is 1. The summed E-state index contributed by atoms with van der Waals surface area (Å²) in [5.74, 6) is 1.17. The maximum absolute atomic E-state index is 11.2. The number of rotatable bonds is 6. The summed E-state index contributed by atoms with van der Waals surface area (Å²) in [6, 6.07) is 17.6. The first-order chi connectivity index (χ1) is 9.70. The number of halogens is 1. The van der Waals surface area contributed by atoms with Crippen LogP contribution in [0, 0.1) is 0 Å². The second-order valence-corrected chi connectivity index (χ2v) is 5.30. The van der Waals surface area contributed by atoms with Crippen molar-refractivity contribution in [2.24, 2.45) is 0 Å². The molecular formula is C17H17BrO2. The summed E-state index contributed by atoms with van der Waals surface area (Å²) < 4.78 is 5.81. The highest BCUT2D eigenvalue weighted by atomic mass is 79.9. The van der Waals surface area contributed by atoms with Crippen molar-refractivity contribution in [1.82, 2.24) is 0 Å². The molecule has 0 heterocycles. The van der Waals surface area contributed by atoms with E-state index in [0.717, 1.165) is 11.1 Å². The highest BCUT2D eigenvalue weighted by molar-refractivity contribution is 9.09. The normalized spacial score (nSPS) is 11.9. The molecule has 0 aliphatic heterocycles. The molecule has 2 aromatic rings. The number of ether oxygens (including phenoxy) is 1. The Morgan fingerprint density at radius 2 is 1.75 bits per heavy atom. The van der Waals surface area contributed by atoms with Gasteiger partial charge in [-0.2, -0.15) is 0 Å². The van der Waals surface area contributed by atoms with E-state index in [4.69, 9.17) is 4.74 Å². The average molecular weight is 333 g/mol. The smallest absolute Gasteiger partial charge is 0.159 e. The lowest BCUT2D eigenvalue weighted by molar-refractivity contribution is 0.101. The number of hydrogen-bond acceptors (Lipinski definition) is 2. The van der Waals surface area contributed by atoms with Crippen LogP contribution in [-0.4, -0.2) is 17.7 Å². The van der Waals surface area contributed by atoms with E-state index >= 15 is 0 Å². The van der Waals surface area contributed by atoms with Gasteiger partial charge in [0.15, 0.2) is 5.78 Å². The molecule has 0 bridgehead atoms. The first-order valence-electron chi connectivity index (χ1n) is 6.55. The minimum absolute atomic E-state index is 0.0687. The largest absolute Gasteiger partial charge is 0.493 e. The maximum Gasteiger partial charge on any atom is 0.159 e. The van der Waals surface area contributed by atoms with E-state index in [1.807, 2.05) is 30.3 Å². The van der Waals surface area contributed by atoms with E-state index in [1.165, 1.54) is 5.56 Å². The average Bonchev–Trinajstić information content (AvgIpc) is 2.49. The molecule has 1 unspecified atom stereocenters. The first kappa shape index (κ1) is 14.8. The van der Waals surface area contributed by atoms with Gasteiger partial charge in [0.2, 0.25) is 0 Å². The van der Waals surface area contributed by atoms with Crippen LogP contribution in [0.25, 0.3) is 0 Å². The molecule has 0 amide bonds. The van der Waals surface area contributed by atoms with Gasteiger partial charge in [-0.1, -0.05) is 46.3 Å². The molecule has 0 N–H and O–H groups in total. The third-order valence-electron chi connectivity index (χ3n) is 3.17. The number of Topliss-reactive ketones (excluding diaryl/α,β-unsaturated/α-hetero) is 1. The Labute approximate surface area is 127 Å². The highest BCUT2D eigenvalue weighted by Crippen LogP contribution is 2.20. The van der Waals surface area contributed by atoms with Crippen LogP contribution < -0.4 is 4.74 Å². The minimum atomic E-state index is 0.0687. The summed E-state index contributed by atoms with van der Waals surface area (Å²) in [5, 5.41) is 0.850. The molecule has 3 heteroatoms. The zero-order chi connectivity index (χ0) is 14.4. The molecule has 104 valence electrons. The van der Waals surface area contributed by atoms with Crippen molar-refractivity contribution in [2.45, 2.75) is 12.8 Å². The van der Waals surface area contributed by atoms with Crippen molar-refractivity contribution in [3.05, 3.63) is 65.7 Å². The summed E-state index contributed by atoms with van der Waals surface area (Å²) in [6.07, 6.45) is 0. The number of carbonyl (C=O) groups excluding carboxylic acids is 1. The van der Waals surface area contributed by atoms with Gasteiger partial charge in [-0.15, -0.1) is 0 Å². The second kappa shape index (κ2) is 7.25. The quantitative estimate of drug-likeness (QED) is 0.577. The van der Waals surface area contributed by atoms with Crippen LogP contribution in [0.3, 0.4) is 0 Å². The molecule has 0 saturated heterocycles. The van der Waals surface area contributed by atoms with E-state index in [9.17, 15) is 4.79 Å². The minimum Gasteiger partial charge on any atom is -0.493 e. The Morgan fingerprint density at radius 3 is 2.30 bits per heavy atom. The molecule has 2 aromatic carbocycles. The molecule has 0 spiro atoms. The fourth-order valence-corrected chi connectivity index (χ4v) is 2.50. The van der Waals surface area contributed by atoms with Gasteiger partial charge in [-0.3, -0.25) is 4.79 Å². The van der Waals surface area contributed by atoms with E-state index < -0.39 is 0 Å². The van der Waals surface area contributed by atoms with Gasteiger partial charge in [-0.25, -0.2) is 0 Å². The Morgan fingerprint density at radius 1 is 1.10 bits per heavy atom. The van der Waals surface area contributed by atoms with E-state index in [0.29, 0.717) is 18.1 Å². The summed E-state index contributed by atoms with van der Waals surface area (Å²) in [7, 11) is 0. The standard InChI is InChI=1S/C17H17BrO2/c1-13(19)14-7-9-17(10-8-14)20-12-16(11-18)15-5-3-2-4-6-15/h2-10,16H,11-12H2,1H3. The highest BCUT2D eigenvalue weighted by Gasteiger charge is 2.10. The van der Waals surface area contributed by atoms with Crippen molar-refractivity contribution >= 4 is 21.7 Å². The van der Waals surface area contributed by atoms with Gasteiger partial charge in [0.05, 0.1) is 6.61 Å². The summed E-state index contributed by atoms with van der Waals surface area (Å²) in [4.78, 5) is 11.2. The molecule has 1 atom stereocenters. The predicted molar refractivity (Wildman–Crippen MR) is 84.9 cm³/mol. The van der Waals surface area contributed by atoms with Gasteiger partial charge in [0.1, 0.15) is 5.75 Å². The third-order valence-corrected chi connectivity index (χ3v) is 3.95.